The van der Waals surface area contributed by atoms with Crippen molar-refractivity contribution in [1.82, 2.24) is 5.32 Å². The molecule has 0 spiro atoms. The molecule has 1 fully saturated rings. The molecule has 170 valence electrons. The van der Waals surface area contributed by atoms with Crippen molar-refractivity contribution in [1.29, 1.82) is 0 Å². The van der Waals surface area contributed by atoms with Crippen molar-refractivity contribution in [3.05, 3.63) is 105 Å². The average Bonchev–Trinajstić information content (AvgIpc) is 2.82. The molecule has 0 atom stereocenters. The van der Waals surface area contributed by atoms with Gasteiger partial charge in [0.15, 0.2) is 0 Å². The van der Waals surface area contributed by atoms with E-state index in [2.05, 4.69) is 5.32 Å². The molecule has 4 rings (SSSR count). The Kier molecular flexibility index (Phi) is 6.18. The highest BCUT2D eigenvalue weighted by molar-refractivity contribution is 6.39. The minimum absolute atomic E-state index is 0.0246. The van der Waals surface area contributed by atoms with Crippen LogP contribution < -0.4 is 15.0 Å². The van der Waals surface area contributed by atoms with Crippen LogP contribution >= 0.6 is 0 Å². The number of carbonyl (C=O) groups is 3. The Morgan fingerprint density at radius 3 is 2.32 bits per heavy atom. The summed E-state index contributed by atoms with van der Waals surface area (Å²) in [6.45, 7) is 2.00. The lowest BCUT2D eigenvalue weighted by atomic mass is 10.1. The maximum absolute atomic E-state index is 13.1. The smallest absolute Gasteiger partial charge is 0.335 e. The molecule has 1 saturated heterocycles. The zero-order valence-electron chi connectivity index (χ0n) is 18.1. The third-order valence-electron chi connectivity index (χ3n) is 5.15. The van der Waals surface area contributed by atoms with Crippen LogP contribution in [-0.2, 0) is 16.2 Å². The van der Waals surface area contributed by atoms with Crippen LogP contribution in [0.15, 0.2) is 78.4 Å². The SMILES string of the molecule is Cc1ccc(N2C(=O)NC(=O)/C(=C\c3ccccc3OCc3ccc([N+](=O)[O-])cc3)C2=O)cc1. The van der Waals surface area contributed by atoms with E-state index in [0.29, 0.717) is 22.6 Å². The summed E-state index contributed by atoms with van der Waals surface area (Å²) in [4.78, 5) is 49.2. The Morgan fingerprint density at radius 1 is 0.971 bits per heavy atom. The number of para-hydroxylation sites is 1. The second kappa shape index (κ2) is 9.37. The molecule has 9 heteroatoms. The lowest BCUT2D eigenvalue weighted by molar-refractivity contribution is -0.384. The van der Waals surface area contributed by atoms with Gasteiger partial charge in [-0.2, -0.15) is 0 Å². The molecule has 0 radical (unpaired) electrons. The number of carbonyl (C=O) groups excluding carboxylic acids is 3. The predicted octanol–water partition coefficient (Wildman–Crippen LogP) is 4.15. The van der Waals surface area contributed by atoms with Gasteiger partial charge in [0, 0.05) is 17.7 Å². The summed E-state index contributed by atoms with van der Waals surface area (Å²) in [6, 6.07) is 18.7. The molecule has 1 N–H and O–H groups in total. The summed E-state index contributed by atoms with van der Waals surface area (Å²) in [5.41, 5.74) is 2.22. The number of nitro benzene ring substituents is 1. The Morgan fingerprint density at radius 2 is 1.65 bits per heavy atom. The van der Waals surface area contributed by atoms with E-state index in [0.717, 1.165) is 10.5 Å². The number of hydrogen-bond acceptors (Lipinski definition) is 6. The summed E-state index contributed by atoms with van der Waals surface area (Å²) in [5.74, 6) is -1.15. The van der Waals surface area contributed by atoms with Crippen molar-refractivity contribution in [2.45, 2.75) is 13.5 Å². The number of non-ortho nitro benzene ring substituents is 1. The van der Waals surface area contributed by atoms with Crippen LogP contribution in [0.3, 0.4) is 0 Å². The molecule has 3 aromatic carbocycles. The monoisotopic (exact) mass is 457 g/mol. The number of nitrogens with zero attached hydrogens (tertiary/aromatic N) is 2. The minimum atomic E-state index is -0.821. The number of aryl methyl sites for hydroxylation is 1. The van der Waals surface area contributed by atoms with Gasteiger partial charge >= 0.3 is 6.03 Å². The molecule has 1 heterocycles. The van der Waals surface area contributed by atoms with Crippen molar-refractivity contribution < 1.29 is 24.0 Å². The number of amides is 4. The lowest BCUT2D eigenvalue weighted by Gasteiger charge is -2.26. The quantitative estimate of drug-likeness (QED) is 0.257. The lowest BCUT2D eigenvalue weighted by Crippen LogP contribution is -2.54. The maximum Gasteiger partial charge on any atom is 0.335 e. The second-order valence-corrected chi connectivity index (χ2v) is 7.54. The average molecular weight is 457 g/mol. The largest absolute Gasteiger partial charge is 0.488 e. The number of nitrogens with one attached hydrogen (secondary N) is 1. The normalized spacial score (nSPS) is 14.8. The van der Waals surface area contributed by atoms with Crippen molar-refractivity contribution >= 4 is 35.3 Å². The van der Waals surface area contributed by atoms with Crippen LogP contribution in [-0.4, -0.2) is 22.8 Å². The van der Waals surface area contributed by atoms with Gasteiger partial charge in [0.1, 0.15) is 17.9 Å². The summed E-state index contributed by atoms with van der Waals surface area (Å²) < 4.78 is 5.84. The molecule has 9 nitrogen and oxygen atoms in total. The number of anilines is 1. The van der Waals surface area contributed by atoms with E-state index >= 15 is 0 Å². The van der Waals surface area contributed by atoms with Crippen LogP contribution in [0.25, 0.3) is 6.08 Å². The number of benzene rings is 3. The van der Waals surface area contributed by atoms with Crippen molar-refractivity contribution in [3.63, 3.8) is 0 Å². The van der Waals surface area contributed by atoms with Crippen LogP contribution in [0, 0.1) is 17.0 Å². The second-order valence-electron chi connectivity index (χ2n) is 7.54. The number of imide groups is 2. The highest BCUT2D eigenvalue weighted by Gasteiger charge is 2.36. The van der Waals surface area contributed by atoms with Crippen LogP contribution in [0.5, 0.6) is 5.75 Å². The summed E-state index contributed by atoms with van der Waals surface area (Å²) in [6.07, 6.45) is 1.37. The van der Waals surface area contributed by atoms with E-state index in [1.165, 1.54) is 18.2 Å². The standard InChI is InChI=1S/C25H19N3O6/c1-16-6-10-19(11-7-16)27-24(30)21(23(29)26-25(27)31)14-18-4-2-3-5-22(18)34-15-17-8-12-20(13-9-17)28(32)33/h2-14H,15H2,1H3,(H,26,29,31)/b21-14+. The Hall–Kier alpha value is -4.79. The molecule has 0 aliphatic carbocycles. The zero-order valence-corrected chi connectivity index (χ0v) is 18.1. The van der Waals surface area contributed by atoms with E-state index in [4.69, 9.17) is 4.74 Å². The van der Waals surface area contributed by atoms with E-state index in [-0.39, 0.29) is 17.9 Å². The molecular weight excluding hydrogens is 438 g/mol. The van der Waals surface area contributed by atoms with Crippen LogP contribution in [0.4, 0.5) is 16.2 Å². The highest BCUT2D eigenvalue weighted by Crippen LogP contribution is 2.26. The highest BCUT2D eigenvalue weighted by atomic mass is 16.6. The third-order valence-corrected chi connectivity index (χ3v) is 5.15. The molecule has 34 heavy (non-hydrogen) atoms. The predicted molar refractivity (Wildman–Crippen MR) is 124 cm³/mol. The summed E-state index contributed by atoms with van der Waals surface area (Å²) in [7, 11) is 0. The van der Waals surface area contributed by atoms with Crippen molar-refractivity contribution in [2.24, 2.45) is 0 Å². The molecule has 1 aliphatic rings. The zero-order chi connectivity index (χ0) is 24.2. The topological polar surface area (TPSA) is 119 Å². The van der Waals surface area contributed by atoms with Crippen LogP contribution in [0.1, 0.15) is 16.7 Å². The fraction of sp³-hybridized carbons (Fsp3) is 0.0800. The van der Waals surface area contributed by atoms with Gasteiger partial charge in [-0.15, -0.1) is 0 Å². The van der Waals surface area contributed by atoms with Crippen molar-refractivity contribution in [2.75, 3.05) is 4.90 Å². The van der Waals surface area contributed by atoms with Gasteiger partial charge in [-0.05, 0) is 48.9 Å². The van der Waals surface area contributed by atoms with Gasteiger partial charge in [-0.25, -0.2) is 9.69 Å². The first kappa shape index (κ1) is 22.4. The first-order chi connectivity index (χ1) is 16.3. The van der Waals surface area contributed by atoms with E-state index in [1.807, 2.05) is 6.92 Å². The fourth-order valence-corrected chi connectivity index (χ4v) is 3.35. The first-order valence-electron chi connectivity index (χ1n) is 10.3. The van der Waals surface area contributed by atoms with E-state index in [1.54, 1.807) is 60.7 Å². The molecule has 0 aromatic heterocycles. The molecule has 4 amide bonds. The number of barbiturate groups is 1. The van der Waals surface area contributed by atoms with Gasteiger partial charge < -0.3 is 4.74 Å². The van der Waals surface area contributed by atoms with Gasteiger partial charge in [0.05, 0.1) is 10.6 Å². The van der Waals surface area contributed by atoms with E-state index < -0.39 is 22.8 Å². The maximum atomic E-state index is 13.1. The Labute approximate surface area is 194 Å². The Balaban J connectivity index is 1.59. The first-order valence-corrected chi connectivity index (χ1v) is 10.3. The number of rotatable bonds is 6. The molecule has 1 aliphatic heterocycles. The molecular formula is C25H19N3O6. The number of urea groups is 1. The number of hydrogen-bond donors (Lipinski definition) is 1. The van der Waals surface area contributed by atoms with E-state index in [9.17, 15) is 24.5 Å². The van der Waals surface area contributed by atoms with Gasteiger partial charge in [-0.3, -0.25) is 25.0 Å². The molecule has 0 saturated carbocycles. The number of nitro groups is 1. The minimum Gasteiger partial charge on any atom is -0.488 e. The summed E-state index contributed by atoms with van der Waals surface area (Å²) in [5, 5.41) is 13.0. The molecule has 0 unspecified atom stereocenters. The fourth-order valence-electron chi connectivity index (χ4n) is 3.35. The van der Waals surface area contributed by atoms with Gasteiger partial charge in [0.2, 0.25) is 0 Å². The summed E-state index contributed by atoms with van der Waals surface area (Å²) >= 11 is 0. The number of ether oxygens (including phenoxy) is 1. The van der Waals surface area contributed by atoms with Crippen molar-refractivity contribution in [3.8, 4) is 5.75 Å². The molecule has 3 aromatic rings. The molecule has 0 bridgehead atoms. The van der Waals surface area contributed by atoms with Gasteiger partial charge in [-0.1, -0.05) is 35.9 Å². The van der Waals surface area contributed by atoms with Gasteiger partial charge in [0.25, 0.3) is 17.5 Å². The van der Waals surface area contributed by atoms with Crippen LogP contribution in [0.2, 0.25) is 0 Å². The Bertz CT molecular complexity index is 1310. The third kappa shape index (κ3) is 4.68.